The van der Waals surface area contributed by atoms with E-state index in [0.29, 0.717) is 6.42 Å². The van der Waals surface area contributed by atoms with Crippen LogP contribution in [0.15, 0.2) is 0 Å². The maximum atomic E-state index is 12.6. The van der Waals surface area contributed by atoms with Gasteiger partial charge in [-0.25, -0.2) is 4.79 Å². The van der Waals surface area contributed by atoms with Gasteiger partial charge < -0.3 is 4.74 Å². The van der Waals surface area contributed by atoms with E-state index in [0.717, 1.165) is 5.92 Å². The van der Waals surface area contributed by atoms with Gasteiger partial charge in [-0.05, 0) is 32.1 Å². The second kappa shape index (κ2) is 5.14. The molecule has 19 heavy (non-hydrogen) atoms. The fourth-order valence-corrected chi connectivity index (χ4v) is 2.30. The Kier molecular flexibility index (Phi) is 3.88. The zero-order valence-corrected chi connectivity index (χ0v) is 11.8. The summed E-state index contributed by atoms with van der Waals surface area (Å²) < 4.78 is 5.40. The lowest BCUT2D eigenvalue weighted by molar-refractivity contribution is -0.145. The molecule has 4 nitrogen and oxygen atoms in total. The normalized spacial score (nSPS) is 28.8. The monoisotopic (exact) mass is 262 g/mol. The summed E-state index contributed by atoms with van der Waals surface area (Å²) in [6.45, 7) is 7.45. The van der Waals surface area contributed by atoms with Crippen molar-refractivity contribution in [1.82, 2.24) is 4.90 Å². The minimum Gasteiger partial charge on any atom is -0.439 e. The number of hydrogen-bond donors (Lipinski definition) is 0. The highest BCUT2D eigenvalue weighted by atomic mass is 16.6. The molecule has 1 saturated carbocycles. The standard InChI is InChI=1S/C15H20NO3/c1-5-11-13(17)19-12(10-8-6-7-9-10)16(11)14(18)15(2,3)4/h6-9,11-12H,5H2,1-4H3/t11-,12-/m0/s1. The number of amides is 1. The van der Waals surface area contributed by atoms with Crippen molar-refractivity contribution in [3.63, 3.8) is 0 Å². The number of rotatable bonds is 2. The Bertz CT molecular complexity index is 366. The number of hydrogen-bond acceptors (Lipinski definition) is 3. The van der Waals surface area contributed by atoms with Crippen LogP contribution in [0.2, 0.25) is 0 Å². The second-order valence-electron chi connectivity index (χ2n) is 5.89. The van der Waals surface area contributed by atoms with Crippen LogP contribution in [0.5, 0.6) is 0 Å². The molecule has 5 radical (unpaired) electrons. The number of carbonyl (C=O) groups is 2. The van der Waals surface area contributed by atoms with Crippen LogP contribution in [0.4, 0.5) is 0 Å². The van der Waals surface area contributed by atoms with E-state index in [9.17, 15) is 9.59 Å². The van der Waals surface area contributed by atoms with Gasteiger partial charge in [0.15, 0.2) is 6.23 Å². The summed E-state index contributed by atoms with van der Waals surface area (Å²) in [5.74, 6) is 0.476. The van der Waals surface area contributed by atoms with E-state index in [4.69, 9.17) is 4.74 Å². The molecular formula is C15H20NO3. The van der Waals surface area contributed by atoms with Gasteiger partial charge in [-0.1, -0.05) is 27.7 Å². The third-order valence-corrected chi connectivity index (χ3v) is 3.32. The first-order chi connectivity index (χ1) is 8.86. The van der Waals surface area contributed by atoms with Crippen molar-refractivity contribution in [1.29, 1.82) is 0 Å². The van der Waals surface area contributed by atoms with Crippen molar-refractivity contribution in [2.24, 2.45) is 5.41 Å². The first-order valence-corrected chi connectivity index (χ1v) is 6.61. The SMILES string of the molecule is CC[C@H]1C(=O)O[C@@H]([C]2[CH][CH][CH][CH]2)N1C(=O)C(C)(C)C. The highest BCUT2D eigenvalue weighted by molar-refractivity contribution is 5.90. The van der Waals surface area contributed by atoms with Crippen molar-refractivity contribution in [2.75, 3.05) is 0 Å². The first-order valence-electron chi connectivity index (χ1n) is 6.61. The summed E-state index contributed by atoms with van der Waals surface area (Å²) in [6.07, 6.45) is 7.49. The largest absolute Gasteiger partial charge is 0.439 e. The summed E-state index contributed by atoms with van der Waals surface area (Å²) >= 11 is 0. The zero-order valence-electron chi connectivity index (χ0n) is 11.8. The molecule has 2 rings (SSSR count). The number of cyclic esters (lactones) is 1. The van der Waals surface area contributed by atoms with Gasteiger partial charge >= 0.3 is 5.97 Å². The van der Waals surface area contributed by atoms with Gasteiger partial charge in [0.05, 0.1) is 0 Å². The fraction of sp³-hybridized carbons (Fsp3) is 0.533. The van der Waals surface area contributed by atoms with Gasteiger partial charge in [0.1, 0.15) is 6.04 Å². The topological polar surface area (TPSA) is 46.6 Å². The van der Waals surface area contributed by atoms with E-state index in [1.807, 2.05) is 53.4 Å². The predicted molar refractivity (Wildman–Crippen MR) is 70.7 cm³/mol. The molecule has 0 aromatic rings. The highest BCUT2D eigenvalue weighted by Gasteiger charge is 2.50. The van der Waals surface area contributed by atoms with E-state index in [1.54, 1.807) is 4.90 Å². The molecule has 1 heterocycles. The molecule has 1 amide bonds. The molecule has 0 bridgehead atoms. The average Bonchev–Trinajstić information content (AvgIpc) is 2.93. The van der Waals surface area contributed by atoms with Crippen LogP contribution in [0.3, 0.4) is 0 Å². The summed E-state index contributed by atoms with van der Waals surface area (Å²) in [5, 5.41) is 0. The van der Waals surface area contributed by atoms with E-state index in [2.05, 4.69) is 0 Å². The Morgan fingerprint density at radius 1 is 1.32 bits per heavy atom. The van der Waals surface area contributed by atoms with E-state index < -0.39 is 17.7 Å². The van der Waals surface area contributed by atoms with Gasteiger partial charge in [0.25, 0.3) is 0 Å². The van der Waals surface area contributed by atoms with Gasteiger partial charge in [-0.15, -0.1) is 0 Å². The third kappa shape index (κ3) is 2.63. The smallest absolute Gasteiger partial charge is 0.330 e. The highest BCUT2D eigenvalue weighted by Crippen LogP contribution is 2.37. The molecule has 0 unspecified atom stereocenters. The van der Waals surface area contributed by atoms with Crippen LogP contribution < -0.4 is 0 Å². The lowest BCUT2D eigenvalue weighted by atomic mass is 9.92. The lowest BCUT2D eigenvalue weighted by Gasteiger charge is -2.33. The Labute approximate surface area is 115 Å². The quantitative estimate of drug-likeness (QED) is 0.714. The van der Waals surface area contributed by atoms with Crippen molar-refractivity contribution >= 4 is 11.9 Å². The molecule has 103 valence electrons. The minimum atomic E-state index is -0.584. The van der Waals surface area contributed by atoms with Gasteiger partial charge in [0.2, 0.25) is 5.91 Å². The van der Waals surface area contributed by atoms with Crippen LogP contribution >= 0.6 is 0 Å². The molecule has 0 spiro atoms. The Morgan fingerprint density at radius 2 is 1.89 bits per heavy atom. The fourth-order valence-electron chi connectivity index (χ4n) is 2.30. The number of nitrogens with zero attached hydrogens (tertiary/aromatic N) is 1. The van der Waals surface area contributed by atoms with Crippen LogP contribution in [0.25, 0.3) is 0 Å². The van der Waals surface area contributed by atoms with Gasteiger partial charge in [0, 0.05) is 11.3 Å². The van der Waals surface area contributed by atoms with Gasteiger partial charge in [-0.2, -0.15) is 0 Å². The van der Waals surface area contributed by atoms with Crippen molar-refractivity contribution in [2.45, 2.75) is 46.4 Å². The van der Waals surface area contributed by atoms with Crippen LogP contribution in [0, 0.1) is 37.0 Å². The molecule has 2 aliphatic rings. The molecule has 1 aliphatic heterocycles. The average molecular weight is 262 g/mol. The van der Waals surface area contributed by atoms with Crippen molar-refractivity contribution in [3.8, 4) is 0 Å². The Hall–Kier alpha value is -1.06. The second-order valence-corrected chi connectivity index (χ2v) is 5.89. The van der Waals surface area contributed by atoms with Crippen LogP contribution in [-0.2, 0) is 14.3 Å². The molecule has 2 atom stereocenters. The Morgan fingerprint density at radius 3 is 2.37 bits per heavy atom. The summed E-state index contributed by atoms with van der Waals surface area (Å²) in [4.78, 5) is 26.1. The zero-order chi connectivity index (χ0) is 14.2. The molecule has 0 aromatic carbocycles. The van der Waals surface area contributed by atoms with Crippen LogP contribution in [0.1, 0.15) is 34.1 Å². The van der Waals surface area contributed by atoms with E-state index in [-0.39, 0.29) is 11.9 Å². The van der Waals surface area contributed by atoms with Crippen molar-refractivity contribution < 1.29 is 14.3 Å². The molecule has 0 N–H and O–H groups in total. The number of esters is 1. The Balaban J connectivity index is 2.26. The predicted octanol–water partition coefficient (Wildman–Crippen LogP) is 1.93. The van der Waals surface area contributed by atoms with E-state index >= 15 is 0 Å². The third-order valence-electron chi connectivity index (χ3n) is 3.32. The maximum Gasteiger partial charge on any atom is 0.330 e. The van der Waals surface area contributed by atoms with Gasteiger partial charge in [-0.3, -0.25) is 9.69 Å². The molecule has 1 saturated heterocycles. The maximum absolute atomic E-state index is 12.6. The van der Waals surface area contributed by atoms with Crippen molar-refractivity contribution in [3.05, 3.63) is 31.6 Å². The minimum absolute atomic E-state index is 0.0589. The van der Waals surface area contributed by atoms with E-state index in [1.165, 1.54) is 0 Å². The molecule has 0 aromatic heterocycles. The summed E-state index contributed by atoms with van der Waals surface area (Å²) in [5.41, 5.74) is -0.535. The molecule has 2 fully saturated rings. The lowest BCUT2D eigenvalue weighted by Crippen LogP contribution is -2.49. The summed E-state index contributed by atoms with van der Waals surface area (Å²) in [7, 11) is 0. The molecular weight excluding hydrogens is 242 g/mol. The summed E-state index contributed by atoms with van der Waals surface area (Å²) in [6, 6.07) is -0.480. The number of carbonyl (C=O) groups excluding carboxylic acids is 2. The molecule has 1 aliphatic carbocycles. The number of ether oxygens (including phenoxy) is 1. The first kappa shape index (κ1) is 14.4. The molecule has 4 heteroatoms. The van der Waals surface area contributed by atoms with Crippen LogP contribution in [-0.4, -0.2) is 29.0 Å².